The number of hydrogen-bond acceptors (Lipinski definition) is 4. The number of anilines is 2. The number of benzene rings is 1. The minimum atomic E-state index is -0.251. The lowest BCUT2D eigenvalue weighted by molar-refractivity contribution is 0.122. The fraction of sp³-hybridized carbons (Fsp3) is 0.357. The van der Waals surface area contributed by atoms with Crippen molar-refractivity contribution >= 4 is 11.5 Å². The fourth-order valence-corrected chi connectivity index (χ4v) is 2.40. The van der Waals surface area contributed by atoms with Gasteiger partial charge in [-0.3, -0.25) is 4.68 Å². The van der Waals surface area contributed by atoms with Gasteiger partial charge in [0.1, 0.15) is 11.6 Å². The molecule has 2 N–H and O–H groups in total. The molecule has 0 aliphatic carbocycles. The third-order valence-corrected chi connectivity index (χ3v) is 3.50. The van der Waals surface area contributed by atoms with Gasteiger partial charge in [0.2, 0.25) is 0 Å². The molecule has 1 aliphatic heterocycles. The largest absolute Gasteiger partial charge is 0.384 e. The van der Waals surface area contributed by atoms with Crippen LogP contribution < -0.4 is 10.6 Å². The molecule has 106 valence electrons. The first-order valence-corrected chi connectivity index (χ1v) is 6.57. The molecule has 0 atom stereocenters. The van der Waals surface area contributed by atoms with E-state index in [0.29, 0.717) is 19.0 Å². The van der Waals surface area contributed by atoms with Crippen LogP contribution in [0.25, 0.3) is 11.3 Å². The minimum absolute atomic E-state index is 0.251. The lowest BCUT2D eigenvalue weighted by Gasteiger charge is -2.30. The molecule has 2 heterocycles. The van der Waals surface area contributed by atoms with Crippen molar-refractivity contribution in [2.24, 2.45) is 7.05 Å². The van der Waals surface area contributed by atoms with Gasteiger partial charge in [0, 0.05) is 37.5 Å². The first-order chi connectivity index (χ1) is 9.65. The Balaban J connectivity index is 2.05. The molecule has 1 saturated heterocycles. The molecule has 0 saturated carbocycles. The average molecular weight is 276 g/mol. The minimum Gasteiger partial charge on any atom is -0.384 e. The Hall–Kier alpha value is -2.08. The highest BCUT2D eigenvalue weighted by atomic mass is 19.1. The van der Waals surface area contributed by atoms with Crippen molar-refractivity contribution in [1.29, 1.82) is 0 Å². The van der Waals surface area contributed by atoms with Gasteiger partial charge in [-0.25, -0.2) is 4.39 Å². The molecule has 0 amide bonds. The van der Waals surface area contributed by atoms with E-state index in [2.05, 4.69) is 10.00 Å². The van der Waals surface area contributed by atoms with Crippen LogP contribution in [0.3, 0.4) is 0 Å². The molecule has 0 unspecified atom stereocenters. The zero-order chi connectivity index (χ0) is 14.1. The SMILES string of the molecule is Cn1nc(-c2ccc(F)cc2N2CCOCC2)cc1N. The number of hydrogen-bond donors (Lipinski definition) is 1. The highest BCUT2D eigenvalue weighted by Crippen LogP contribution is 2.32. The Morgan fingerprint density at radius 1 is 1.25 bits per heavy atom. The number of morpholine rings is 1. The van der Waals surface area contributed by atoms with Crippen LogP contribution in [0.15, 0.2) is 24.3 Å². The molecule has 1 fully saturated rings. The summed E-state index contributed by atoms with van der Waals surface area (Å²) in [4.78, 5) is 2.12. The van der Waals surface area contributed by atoms with E-state index >= 15 is 0 Å². The first-order valence-electron chi connectivity index (χ1n) is 6.57. The molecule has 3 rings (SSSR count). The second kappa shape index (κ2) is 5.13. The lowest BCUT2D eigenvalue weighted by atomic mass is 10.1. The van der Waals surface area contributed by atoms with Gasteiger partial charge < -0.3 is 15.4 Å². The fourth-order valence-electron chi connectivity index (χ4n) is 2.40. The number of aromatic nitrogens is 2. The van der Waals surface area contributed by atoms with E-state index in [1.165, 1.54) is 6.07 Å². The smallest absolute Gasteiger partial charge is 0.125 e. The summed E-state index contributed by atoms with van der Waals surface area (Å²) in [5.74, 6) is 0.330. The third kappa shape index (κ3) is 2.34. The summed E-state index contributed by atoms with van der Waals surface area (Å²) >= 11 is 0. The Morgan fingerprint density at radius 3 is 2.65 bits per heavy atom. The summed E-state index contributed by atoms with van der Waals surface area (Å²) in [7, 11) is 1.79. The Labute approximate surface area is 116 Å². The van der Waals surface area contributed by atoms with Gasteiger partial charge in [-0.15, -0.1) is 0 Å². The number of ether oxygens (including phenoxy) is 1. The summed E-state index contributed by atoms with van der Waals surface area (Å²) in [5.41, 5.74) is 8.31. The molecular formula is C14H17FN4O. The summed E-state index contributed by atoms with van der Waals surface area (Å²) in [6.45, 7) is 2.80. The number of nitrogens with zero attached hydrogens (tertiary/aromatic N) is 3. The predicted octanol–water partition coefficient (Wildman–Crippen LogP) is 1.64. The highest BCUT2D eigenvalue weighted by Gasteiger charge is 2.18. The number of rotatable bonds is 2. The van der Waals surface area contributed by atoms with Crippen LogP contribution in [-0.4, -0.2) is 36.1 Å². The molecule has 0 bridgehead atoms. The summed E-state index contributed by atoms with van der Waals surface area (Å²) in [6.07, 6.45) is 0. The van der Waals surface area contributed by atoms with Crippen molar-refractivity contribution in [3.05, 3.63) is 30.1 Å². The van der Waals surface area contributed by atoms with E-state index in [0.717, 1.165) is 30.0 Å². The number of nitrogens with two attached hydrogens (primary N) is 1. The average Bonchev–Trinajstić information content (AvgIpc) is 2.79. The van der Waals surface area contributed by atoms with Crippen molar-refractivity contribution in [3.63, 3.8) is 0 Å². The monoisotopic (exact) mass is 276 g/mol. The molecule has 0 radical (unpaired) electrons. The molecule has 1 aromatic heterocycles. The predicted molar refractivity (Wildman–Crippen MR) is 76.0 cm³/mol. The molecule has 2 aromatic rings. The van der Waals surface area contributed by atoms with E-state index in [1.807, 2.05) is 0 Å². The normalized spacial score (nSPS) is 15.6. The van der Waals surface area contributed by atoms with Gasteiger partial charge in [-0.2, -0.15) is 5.10 Å². The molecule has 1 aromatic carbocycles. The van der Waals surface area contributed by atoms with Crippen molar-refractivity contribution in [3.8, 4) is 11.3 Å². The van der Waals surface area contributed by atoms with Crippen molar-refractivity contribution in [2.75, 3.05) is 36.9 Å². The molecule has 0 spiro atoms. The Bertz CT molecular complexity index is 600. The maximum atomic E-state index is 13.6. The maximum Gasteiger partial charge on any atom is 0.125 e. The second-order valence-electron chi connectivity index (χ2n) is 4.84. The maximum absolute atomic E-state index is 13.6. The summed E-state index contributed by atoms with van der Waals surface area (Å²) in [6, 6.07) is 6.55. The molecular weight excluding hydrogens is 259 g/mol. The van der Waals surface area contributed by atoms with E-state index in [-0.39, 0.29) is 5.82 Å². The third-order valence-electron chi connectivity index (χ3n) is 3.50. The van der Waals surface area contributed by atoms with Crippen LogP contribution in [0, 0.1) is 5.82 Å². The van der Waals surface area contributed by atoms with Gasteiger partial charge in [0.05, 0.1) is 18.9 Å². The lowest BCUT2D eigenvalue weighted by Crippen LogP contribution is -2.36. The number of aryl methyl sites for hydroxylation is 1. The molecule has 1 aliphatic rings. The van der Waals surface area contributed by atoms with Crippen molar-refractivity contribution in [2.45, 2.75) is 0 Å². The van der Waals surface area contributed by atoms with Gasteiger partial charge in [-0.1, -0.05) is 0 Å². The van der Waals surface area contributed by atoms with E-state index in [9.17, 15) is 4.39 Å². The first kappa shape index (κ1) is 12.9. The zero-order valence-electron chi connectivity index (χ0n) is 11.3. The van der Waals surface area contributed by atoms with Gasteiger partial charge in [-0.05, 0) is 18.2 Å². The molecule has 20 heavy (non-hydrogen) atoms. The zero-order valence-corrected chi connectivity index (χ0v) is 11.3. The number of halogens is 1. The molecule has 5 nitrogen and oxygen atoms in total. The van der Waals surface area contributed by atoms with Gasteiger partial charge in [0.15, 0.2) is 0 Å². The standard InChI is InChI=1S/C14H17FN4O/c1-18-14(16)9-12(17-18)11-3-2-10(15)8-13(11)19-4-6-20-7-5-19/h2-3,8-9H,4-7,16H2,1H3. The topological polar surface area (TPSA) is 56.3 Å². The summed E-state index contributed by atoms with van der Waals surface area (Å²) in [5, 5.41) is 4.38. The summed E-state index contributed by atoms with van der Waals surface area (Å²) < 4.78 is 20.6. The Morgan fingerprint density at radius 2 is 2.00 bits per heavy atom. The van der Waals surface area contributed by atoms with Crippen LogP contribution in [0.1, 0.15) is 0 Å². The highest BCUT2D eigenvalue weighted by molar-refractivity contribution is 5.77. The van der Waals surface area contributed by atoms with E-state index in [4.69, 9.17) is 10.5 Å². The van der Waals surface area contributed by atoms with Crippen LogP contribution in [-0.2, 0) is 11.8 Å². The number of nitrogen functional groups attached to an aromatic ring is 1. The van der Waals surface area contributed by atoms with Crippen molar-refractivity contribution in [1.82, 2.24) is 9.78 Å². The van der Waals surface area contributed by atoms with Crippen LogP contribution >= 0.6 is 0 Å². The van der Waals surface area contributed by atoms with Crippen LogP contribution in [0.2, 0.25) is 0 Å². The van der Waals surface area contributed by atoms with Crippen LogP contribution in [0.4, 0.5) is 15.9 Å². The Kier molecular flexibility index (Phi) is 3.31. The van der Waals surface area contributed by atoms with Gasteiger partial charge >= 0.3 is 0 Å². The van der Waals surface area contributed by atoms with Crippen molar-refractivity contribution < 1.29 is 9.13 Å². The quantitative estimate of drug-likeness (QED) is 0.906. The van der Waals surface area contributed by atoms with Gasteiger partial charge in [0.25, 0.3) is 0 Å². The van der Waals surface area contributed by atoms with Crippen LogP contribution in [0.5, 0.6) is 0 Å². The van der Waals surface area contributed by atoms with E-state index in [1.54, 1.807) is 29.9 Å². The second-order valence-corrected chi connectivity index (χ2v) is 4.84. The van der Waals surface area contributed by atoms with E-state index < -0.39 is 0 Å². The molecule has 6 heteroatoms.